The first-order valence-corrected chi connectivity index (χ1v) is 7.82. The van der Waals surface area contributed by atoms with Gasteiger partial charge in [-0.15, -0.1) is 0 Å². The van der Waals surface area contributed by atoms with Gasteiger partial charge in [-0.25, -0.2) is 4.79 Å². The minimum absolute atomic E-state index is 0.279. The molecule has 1 fully saturated rings. The zero-order valence-electron chi connectivity index (χ0n) is 12.9. The fraction of sp³-hybridized carbons (Fsp3) is 0.500. The molecule has 2 unspecified atom stereocenters. The number of carbonyl (C=O) groups is 2. The van der Waals surface area contributed by atoms with Gasteiger partial charge >= 0.3 is 5.97 Å². The van der Waals surface area contributed by atoms with Crippen LogP contribution in [-0.4, -0.2) is 37.3 Å². The highest BCUT2D eigenvalue weighted by Crippen LogP contribution is 2.28. The molecule has 0 aromatic heterocycles. The molecule has 2 atom stereocenters. The number of methoxy groups -OCH3 is 1. The third-order valence-corrected chi connectivity index (χ3v) is 4.16. The van der Waals surface area contributed by atoms with Crippen LogP contribution in [0.2, 0.25) is 5.02 Å². The monoisotopic (exact) mass is 341 g/mol. The molecule has 1 heterocycles. The van der Waals surface area contributed by atoms with E-state index in [1.807, 2.05) is 0 Å². The lowest BCUT2D eigenvalue weighted by molar-refractivity contribution is -0.142. The highest BCUT2D eigenvalue weighted by atomic mass is 35.5. The molecule has 0 aliphatic carbocycles. The third-order valence-electron chi connectivity index (χ3n) is 3.87. The number of ether oxygens (including phenoxy) is 2. The predicted molar refractivity (Wildman–Crippen MR) is 84.7 cm³/mol. The maximum Gasteiger partial charge on any atom is 0.330 e. The molecule has 0 saturated carbocycles. The van der Waals surface area contributed by atoms with Crippen molar-refractivity contribution in [1.29, 1.82) is 0 Å². The molecule has 1 aromatic carbocycles. The summed E-state index contributed by atoms with van der Waals surface area (Å²) in [6.07, 6.45) is 1.92. The molecule has 1 aliphatic heterocycles. The summed E-state index contributed by atoms with van der Waals surface area (Å²) in [5, 5.41) is 12.2. The van der Waals surface area contributed by atoms with Crippen molar-refractivity contribution in [3.05, 3.63) is 28.8 Å². The van der Waals surface area contributed by atoms with E-state index in [0.717, 1.165) is 13.0 Å². The highest BCUT2D eigenvalue weighted by Gasteiger charge is 2.24. The van der Waals surface area contributed by atoms with Crippen LogP contribution in [0, 0.1) is 5.92 Å². The lowest BCUT2D eigenvalue weighted by atomic mass is 10.0. The Kier molecular flexibility index (Phi) is 6.24. The van der Waals surface area contributed by atoms with Crippen LogP contribution in [0.3, 0.4) is 0 Å². The first-order chi connectivity index (χ1) is 11.0. The van der Waals surface area contributed by atoms with Crippen molar-refractivity contribution in [2.24, 2.45) is 5.92 Å². The van der Waals surface area contributed by atoms with Crippen LogP contribution in [0.1, 0.15) is 30.9 Å². The minimum atomic E-state index is -1.14. The van der Waals surface area contributed by atoms with Crippen LogP contribution in [-0.2, 0) is 14.3 Å². The average Bonchev–Trinajstić information content (AvgIpc) is 3.03. The molecule has 1 amide bonds. The first-order valence-electron chi connectivity index (χ1n) is 7.44. The van der Waals surface area contributed by atoms with E-state index >= 15 is 0 Å². The maximum atomic E-state index is 12.0. The summed E-state index contributed by atoms with van der Waals surface area (Å²) in [5.41, 5.74) is 0.404. The lowest BCUT2D eigenvalue weighted by Crippen LogP contribution is -2.33. The van der Waals surface area contributed by atoms with E-state index in [1.165, 1.54) is 13.2 Å². The van der Waals surface area contributed by atoms with Gasteiger partial charge in [-0.2, -0.15) is 0 Å². The summed E-state index contributed by atoms with van der Waals surface area (Å²) in [5.74, 6) is -0.605. The Labute approximate surface area is 139 Å². The van der Waals surface area contributed by atoms with Gasteiger partial charge in [0.05, 0.1) is 12.1 Å². The normalized spacial score (nSPS) is 18.4. The molecule has 1 aromatic rings. The molecule has 0 spiro atoms. The van der Waals surface area contributed by atoms with Gasteiger partial charge in [0.1, 0.15) is 5.75 Å². The van der Waals surface area contributed by atoms with Gasteiger partial charge in [-0.05, 0) is 36.5 Å². The van der Waals surface area contributed by atoms with E-state index in [0.29, 0.717) is 35.3 Å². The van der Waals surface area contributed by atoms with Crippen LogP contribution in [0.5, 0.6) is 5.75 Å². The number of halogens is 1. The second-order valence-corrected chi connectivity index (χ2v) is 5.91. The highest BCUT2D eigenvalue weighted by molar-refractivity contribution is 6.32. The van der Waals surface area contributed by atoms with Gasteiger partial charge in [-0.1, -0.05) is 17.7 Å². The molecule has 126 valence electrons. The fourth-order valence-corrected chi connectivity index (χ4v) is 2.80. The smallest absolute Gasteiger partial charge is 0.330 e. The van der Waals surface area contributed by atoms with Gasteiger partial charge in [-0.3, -0.25) is 4.79 Å². The second-order valence-electron chi connectivity index (χ2n) is 5.50. The van der Waals surface area contributed by atoms with E-state index in [1.54, 1.807) is 12.1 Å². The Morgan fingerprint density at radius 2 is 2.30 bits per heavy atom. The van der Waals surface area contributed by atoms with Gasteiger partial charge in [0.2, 0.25) is 5.91 Å². The van der Waals surface area contributed by atoms with E-state index in [4.69, 9.17) is 21.1 Å². The molecule has 0 bridgehead atoms. The molecule has 1 aliphatic rings. The number of nitrogens with one attached hydrogen (secondary N) is 1. The molecule has 2 N–H and O–H groups in total. The number of benzene rings is 1. The number of aliphatic carboxylic acids is 1. The van der Waals surface area contributed by atoms with Crippen molar-refractivity contribution in [3.8, 4) is 5.75 Å². The van der Waals surface area contributed by atoms with Crippen molar-refractivity contribution < 1.29 is 24.2 Å². The van der Waals surface area contributed by atoms with Crippen molar-refractivity contribution in [3.63, 3.8) is 0 Å². The number of hydrogen-bond acceptors (Lipinski definition) is 4. The van der Waals surface area contributed by atoms with Crippen molar-refractivity contribution >= 4 is 23.5 Å². The quantitative estimate of drug-likeness (QED) is 0.795. The molecule has 6 nitrogen and oxygen atoms in total. The summed E-state index contributed by atoms with van der Waals surface area (Å²) < 4.78 is 10.3. The standard InChI is InChI=1S/C16H20ClNO5/c1-22-13-4-3-11(8-12(13)17)15(16(20)21)18-14(19)5-2-10-6-7-23-9-10/h3-4,8,10,15H,2,5-7,9H2,1H3,(H,18,19)(H,20,21). The van der Waals surface area contributed by atoms with Crippen molar-refractivity contribution in [2.75, 3.05) is 20.3 Å². The average molecular weight is 342 g/mol. The van der Waals surface area contributed by atoms with Crippen LogP contribution in [0.15, 0.2) is 18.2 Å². The topological polar surface area (TPSA) is 84.9 Å². The number of carbonyl (C=O) groups excluding carboxylic acids is 1. The maximum absolute atomic E-state index is 12.0. The van der Waals surface area contributed by atoms with Crippen LogP contribution in [0.4, 0.5) is 0 Å². The van der Waals surface area contributed by atoms with Gasteiger partial charge in [0, 0.05) is 19.6 Å². The Hall–Kier alpha value is -1.79. The number of amides is 1. The van der Waals surface area contributed by atoms with Gasteiger partial charge < -0.3 is 19.9 Å². The zero-order valence-corrected chi connectivity index (χ0v) is 13.6. The predicted octanol–water partition coefficient (Wildman–Crippen LogP) is 2.41. The summed E-state index contributed by atoms with van der Waals surface area (Å²) in [6.45, 7) is 1.40. The largest absolute Gasteiger partial charge is 0.495 e. The van der Waals surface area contributed by atoms with Crippen LogP contribution in [0.25, 0.3) is 0 Å². The molecule has 23 heavy (non-hydrogen) atoms. The summed E-state index contributed by atoms with van der Waals surface area (Å²) in [7, 11) is 1.48. The van der Waals surface area contributed by atoms with Crippen molar-refractivity contribution in [2.45, 2.75) is 25.3 Å². The Morgan fingerprint density at radius 1 is 1.52 bits per heavy atom. The fourth-order valence-electron chi connectivity index (χ4n) is 2.53. The zero-order chi connectivity index (χ0) is 16.8. The third kappa shape index (κ3) is 4.84. The number of carboxylic acid groups (broad SMARTS) is 1. The number of rotatable bonds is 7. The minimum Gasteiger partial charge on any atom is -0.495 e. The Balaban J connectivity index is 1.99. The molecular formula is C16H20ClNO5. The van der Waals surface area contributed by atoms with Gasteiger partial charge in [0.25, 0.3) is 0 Å². The summed E-state index contributed by atoms with van der Waals surface area (Å²) in [4.78, 5) is 23.5. The number of hydrogen-bond donors (Lipinski definition) is 2. The van der Waals surface area contributed by atoms with Crippen LogP contribution >= 0.6 is 11.6 Å². The van der Waals surface area contributed by atoms with Gasteiger partial charge in [0.15, 0.2) is 6.04 Å². The van der Waals surface area contributed by atoms with Crippen molar-refractivity contribution in [1.82, 2.24) is 5.32 Å². The molecular weight excluding hydrogens is 322 g/mol. The lowest BCUT2D eigenvalue weighted by Gasteiger charge is -2.16. The van der Waals surface area contributed by atoms with Crippen LogP contribution < -0.4 is 10.1 Å². The Bertz CT molecular complexity index is 572. The molecule has 7 heteroatoms. The SMILES string of the molecule is COc1ccc(C(NC(=O)CCC2CCOC2)C(=O)O)cc1Cl. The summed E-state index contributed by atoms with van der Waals surface area (Å²) in [6, 6.07) is 3.51. The second kappa shape index (κ2) is 8.17. The Morgan fingerprint density at radius 3 is 2.87 bits per heavy atom. The molecule has 2 rings (SSSR count). The van der Waals surface area contributed by atoms with E-state index < -0.39 is 12.0 Å². The number of carboxylic acids is 1. The summed E-state index contributed by atoms with van der Waals surface area (Å²) >= 11 is 6.02. The van der Waals surface area contributed by atoms with E-state index in [9.17, 15) is 14.7 Å². The van der Waals surface area contributed by atoms with E-state index in [-0.39, 0.29) is 12.3 Å². The first kappa shape index (κ1) is 17.6. The molecule has 1 saturated heterocycles. The van der Waals surface area contributed by atoms with E-state index in [2.05, 4.69) is 5.32 Å². The molecule has 0 radical (unpaired) electrons.